The highest BCUT2D eigenvalue weighted by molar-refractivity contribution is 8.00. The Morgan fingerprint density at radius 3 is 2.65 bits per heavy atom. The monoisotopic (exact) mass is 449 g/mol. The van der Waals surface area contributed by atoms with Gasteiger partial charge in [-0.3, -0.25) is 4.79 Å². The van der Waals surface area contributed by atoms with E-state index in [0.29, 0.717) is 11.3 Å². The van der Waals surface area contributed by atoms with Gasteiger partial charge in [-0.05, 0) is 36.8 Å². The number of thiophene rings is 1. The van der Waals surface area contributed by atoms with Crippen LogP contribution in [-0.4, -0.2) is 34.2 Å². The second-order valence-electron chi connectivity index (χ2n) is 6.70. The number of thioether (sulfide) groups is 1. The van der Waals surface area contributed by atoms with Crippen LogP contribution in [0, 0.1) is 0 Å². The summed E-state index contributed by atoms with van der Waals surface area (Å²) in [5, 5.41) is 4.14. The van der Waals surface area contributed by atoms with Crippen LogP contribution in [-0.2, 0) is 9.53 Å². The smallest absolute Gasteiger partial charge is 0.337 e. The van der Waals surface area contributed by atoms with Crippen LogP contribution in [0.4, 0.5) is 5.69 Å². The first-order valence-corrected chi connectivity index (χ1v) is 11.2. The third kappa shape index (κ3) is 4.76. The fourth-order valence-corrected chi connectivity index (χ4v) is 4.94. The molecule has 0 aliphatic rings. The third-order valence-electron chi connectivity index (χ3n) is 4.56. The quantitative estimate of drug-likeness (QED) is 0.246. The molecule has 2 aromatic carbocycles. The Labute approximate surface area is 187 Å². The Morgan fingerprint density at radius 1 is 1.06 bits per heavy atom. The summed E-state index contributed by atoms with van der Waals surface area (Å²) in [6, 6.07) is 18.8. The number of carbonyl (C=O) groups is 2. The molecule has 1 amide bonds. The van der Waals surface area contributed by atoms with Crippen LogP contribution in [0.2, 0.25) is 0 Å². The first kappa shape index (κ1) is 21.0. The average Bonchev–Trinajstić information content (AvgIpc) is 3.25. The Hall–Kier alpha value is -3.23. The summed E-state index contributed by atoms with van der Waals surface area (Å²) in [7, 11) is 1.32. The predicted octanol–water partition coefficient (Wildman–Crippen LogP) is 5.26. The van der Waals surface area contributed by atoms with Crippen molar-refractivity contribution in [3.63, 3.8) is 0 Å². The zero-order valence-corrected chi connectivity index (χ0v) is 18.5. The van der Waals surface area contributed by atoms with E-state index in [1.54, 1.807) is 35.6 Å². The molecule has 8 heteroatoms. The summed E-state index contributed by atoms with van der Waals surface area (Å²) in [5.74, 6) is -0.633. The van der Waals surface area contributed by atoms with Crippen molar-refractivity contribution in [2.24, 2.45) is 0 Å². The maximum Gasteiger partial charge on any atom is 0.337 e. The molecule has 1 unspecified atom stereocenters. The summed E-state index contributed by atoms with van der Waals surface area (Å²) in [6.07, 6.45) is 1.53. The Balaban J connectivity index is 1.52. The van der Waals surface area contributed by atoms with E-state index in [9.17, 15) is 9.59 Å². The van der Waals surface area contributed by atoms with E-state index >= 15 is 0 Å². The first-order chi connectivity index (χ1) is 15.0. The molecule has 4 rings (SSSR count). The van der Waals surface area contributed by atoms with E-state index in [1.165, 1.54) is 25.2 Å². The molecule has 1 atom stereocenters. The SMILES string of the molecule is COC(=O)c1cccc(NC(=O)C(C)Sc2ncnc3sc(-c4ccccc4)cc23)c1. The van der Waals surface area contributed by atoms with Gasteiger partial charge in [0.15, 0.2) is 0 Å². The molecule has 156 valence electrons. The predicted molar refractivity (Wildman–Crippen MR) is 125 cm³/mol. The molecule has 0 fully saturated rings. The van der Waals surface area contributed by atoms with Crippen molar-refractivity contribution in [1.82, 2.24) is 9.97 Å². The molecule has 0 radical (unpaired) electrons. The molecular weight excluding hydrogens is 430 g/mol. The van der Waals surface area contributed by atoms with Crippen LogP contribution in [0.15, 0.2) is 72.0 Å². The van der Waals surface area contributed by atoms with Crippen LogP contribution in [0.1, 0.15) is 17.3 Å². The number of hydrogen-bond donors (Lipinski definition) is 1. The Kier molecular flexibility index (Phi) is 6.29. The maximum absolute atomic E-state index is 12.7. The van der Waals surface area contributed by atoms with Crippen LogP contribution >= 0.6 is 23.1 Å². The average molecular weight is 450 g/mol. The van der Waals surface area contributed by atoms with E-state index in [2.05, 4.69) is 33.5 Å². The molecule has 0 saturated carbocycles. The van der Waals surface area contributed by atoms with Gasteiger partial charge in [-0.15, -0.1) is 11.3 Å². The molecule has 0 saturated heterocycles. The van der Waals surface area contributed by atoms with Crippen molar-refractivity contribution in [3.8, 4) is 10.4 Å². The first-order valence-electron chi connectivity index (χ1n) is 9.51. The minimum absolute atomic E-state index is 0.183. The highest BCUT2D eigenvalue weighted by Crippen LogP contribution is 2.37. The van der Waals surface area contributed by atoms with Gasteiger partial charge < -0.3 is 10.1 Å². The maximum atomic E-state index is 12.7. The second-order valence-corrected chi connectivity index (χ2v) is 9.06. The lowest BCUT2D eigenvalue weighted by molar-refractivity contribution is -0.115. The van der Waals surface area contributed by atoms with Gasteiger partial charge in [-0.25, -0.2) is 14.8 Å². The van der Waals surface area contributed by atoms with Crippen molar-refractivity contribution in [2.75, 3.05) is 12.4 Å². The molecule has 2 aromatic heterocycles. The van der Waals surface area contributed by atoms with Crippen LogP contribution < -0.4 is 5.32 Å². The fraction of sp³-hybridized carbons (Fsp3) is 0.130. The van der Waals surface area contributed by atoms with E-state index in [0.717, 1.165) is 25.7 Å². The summed E-state index contributed by atoms with van der Waals surface area (Å²) >= 11 is 2.98. The second kappa shape index (κ2) is 9.28. The van der Waals surface area contributed by atoms with Crippen molar-refractivity contribution in [3.05, 3.63) is 72.6 Å². The lowest BCUT2D eigenvalue weighted by atomic mass is 10.2. The van der Waals surface area contributed by atoms with Crippen molar-refractivity contribution < 1.29 is 14.3 Å². The zero-order valence-electron chi connectivity index (χ0n) is 16.9. The molecule has 2 heterocycles. The molecular formula is C23H19N3O3S2. The largest absolute Gasteiger partial charge is 0.465 e. The third-order valence-corrected chi connectivity index (χ3v) is 6.77. The van der Waals surface area contributed by atoms with Gasteiger partial charge in [0.05, 0.1) is 17.9 Å². The number of carbonyl (C=O) groups excluding carboxylic acids is 2. The fourth-order valence-electron chi connectivity index (χ4n) is 2.98. The van der Waals surface area contributed by atoms with E-state index in [4.69, 9.17) is 4.74 Å². The number of nitrogens with zero attached hydrogens (tertiary/aromatic N) is 2. The molecule has 1 N–H and O–H groups in total. The van der Waals surface area contributed by atoms with E-state index in [1.807, 2.05) is 25.1 Å². The highest BCUT2D eigenvalue weighted by atomic mass is 32.2. The van der Waals surface area contributed by atoms with E-state index in [-0.39, 0.29) is 5.91 Å². The highest BCUT2D eigenvalue weighted by Gasteiger charge is 2.19. The number of rotatable bonds is 6. The summed E-state index contributed by atoms with van der Waals surface area (Å²) in [6.45, 7) is 1.82. The molecule has 0 spiro atoms. The zero-order chi connectivity index (χ0) is 21.8. The van der Waals surface area contributed by atoms with Gasteiger partial charge in [-0.1, -0.05) is 48.2 Å². The number of benzene rings is 2. The summed E-state index contributed by atoms with van der Waals surface area (Å²) < 4.78 is 4.73. The van der Waals surface area contributed by atoms with Gasteiger partial charge in [0.2, 0.25) is 5.91 Å². The van der Waals surface area contributed by atoms with E-state index < -0.39 is 11.2 Å². The minimum Gasteiger partial charge on any atom is -0.465 e. The molecule has 6 nitrogen and oxygen atoms in total. The summed E-state index contributed by atoms with van der Waals surface area (Å²) in [5.41, 5.74) is 2.04. The number of ether oxygens (including phenoxy) is 1. The van der Waals surface area contributed by atoms with Gasteiger partial charge in [0, 0.05) is 16.0 Å². The number of anilines is 1. The van der Waals surface area contributed by atoms with Crippen molar-refractivity contribution in [2.45, 2.75) is 17.2 Å². The van der Waals surface area contributed by atoms with Gasteiger partial charge in [0.1, 0.15) is 16.2 Å². The number of aromatic nitrogens is 2. The van der Waals surface area contributed by atoms with Crippen LogP contribution in [0.3, 0.4) is 0 Å². The Morgan fingerprint density at radius 2 is 1.87 bits per heavy atom. The van der Waals surface area contributed by atoms with Gasteiger partial charge in [0.25, 0.3) is 0 Å². The van der Waals surface area contributed by atoms with Crippen molar-refractivity contribution >= 4 is 50.9 Å². The molecule has 0 bridgehead atoms. The standard InChI is InChI=1S/C23H19N3O3S2/c1-14(20(27)26-17-10-6-9-16(11-17)23(28)29-2)30-21-18-12-19(15-7-4-3-5-8-15)31-22(18)25-13-24-21/h3-14H,1-2H3,(H,26,27). The summed E-state index contributed by atoms with van der Waals surface area (Å²) in [4.78, 5) is 35.2. The van der Waals surface area contributed by atoms with Gasteiger partial charge in [-0.2, -0.15) is 0 Å². The number of hydrogen-bond acceptors (Lipinski definition) is 7. The van der Waals surface area contributed by atoms with Crippen LogP contribution in [0.5, 0.6) is 0 Å². The number of methoxy groups -OCH3 is 1. The van der Waals surface area contributed by atoms with Gasteiger partial charge >= 0.3 is 5.97 Å². The molecule has 31 heavy (non-hydrogen) atoms. The molecule has 0 aliphatic carbocycles. The lowest BCUT2D eigenvalue weighted by Gasteiger charge is -2.12. The van der Waals surface area contributed by atoms with Crippen LogP contribution in [0.25, 0.3) is 20.7 Å². The number of esters is 1. The Bertz CT molecular complexity index is 1240. The van der Waals surface area contributed by atoms with Crippen molar-refractivity contribution in [1.29, 1.82) is 0 Å². The molecule has 0 aliphatic heterocycles. The number of nitrogens with one attached hydrogen (secondary N) is 1. The number of fused-ring (bicyclic) bond motifs is 1. The minimum atomic E-state index is -0.450. The lowest BCUT2D eigenvalue weighted by Crippen LogP contribution is -2.22. The normalized spacial score (nSPS) is 11.8. The molecule has 4 aromatic rings. The number of amides is 1. The topological polar surface area (TPSA) is 81.2 Å².